The first-order valence-electron chi connectivity index (χ1n) is 8.66. The van der Waals surface area contributed by atoms with E-state index in [4.69, 9.17) is 4.74 Å². The Morgan fingerprint density at radius 3 is 2.71 bits per heavy atom. The number of hydrogen-bond donors (Lipinski definition) is 3. The van der Waals surface area contributed by atoms with E-state index in [1.165, 1.54) is 0 Å². The van der Waals surface area contributed by atoms with Gasteiger partial charge in [-0.3, -0.25) is 9.88 Å². The molecule has 2 saturated heterocycles. The molecule has 1 aromatic rings. The number of aliphatic hydroxyl groups excluding tert-OH is 2. The van der Waals surface area contributed by atoms with Gasteiger partial charge in [0.25, 0.3) is 0 Å². The maximum atomic E-state index is 10.6. The zero-order chi connectivity index (χ0) is 16.9. The standard InChI is InChI=1S/C17H28N4O3/c1-20-6-8-21(9-7-20)16-14(24-15(12-22)17(16)23)11-18-10-13-4-2-3-5-19-13/h2-5,14-18,22-23H,6-12H2,1H3/t14-,15+,16-,17-/m1/s1. The molecule has 134 valence electrons. The van der Waals surface area contributed by atoms with E-state index >= 15 is 0 Å². The molecule has 1 aromatic heterocycles. The fourth-order valence-electron chi connectivity index (χ4n) is 3.56. The van der Waals surface area contributed by atoms with Crippen LogP contribution in [-0.2, 0) is 11.3 Å². The first-order chi connectivity index (χ1) is 11.7. The fraction of sp³-hybridized carbons (Fsp3) is 0.706. The molecule has 0 radical (unpaired) electrons. The monoisotopic (exact) mass is 336 g/mol. The Kier molecular flexibility index (Phi) is 6.15. The molecule has 3 rings (SSSR count). The minimum atomic E-state index is -0.653. The van der Waals surface area contributed by atoms with Crippen LogP contribution in [0, 0.1) is 0 Å². The molecule has 3 N–H and O–H groups in total. The van der Waals surface area contributed by atoms with Crippen LogP contribution in [0.3, 0.4) is 0 Å². The van der Waals surface area contributed by atoms with Gasteiger partial charge in [0.1, 0.15) is 12.2 Å². The van der Waals surface area contributed by atoms with E-state index in [-0.39, 0.29) is 18.8 Å². The number of aromatic nitrogens is 1. The van der Waals surface area contributed by atoms with Gasteiger partial charge >= 0.3 is 0 Å². The maximum absolute atomic E-state index is 10.6. The van der Waals surface area contributed by atoms with Crippen LogP contribution in [0.2, 0.25) is 0 Å². The zero-order valence-electron chi connectivity index (χ0n) is 14.2. The van der Waals surface area contributed by atoms with Gasteiger partial charge in [-0.2, -0.15) is 0 Å². The van der Waals surface area contributed by atoms with Crippen molar-refractivity contribution < 1.29 is 14.9 Å². The van der Waals surface area contributed by atoms with E-state index in [0.29, 0.717) is 13.1 Å². The molecule has 0 amide bonds. The maximum Gasteiger partial charge on any atom is 0.109 e. The summed E-state index contributed by atoms with van der Waals surface area (Å²) < 4.78 is 5.92. The quantitative estimate of drug-likeness (QED) is 0.609. The van der Waals surface area contributed by atoms with Crippen molar-refractivity contribution in [3.8, 4) is 0 Å². The first-order valence-corrected chi connectivity index (χ1v) is 8.66. The summed E-state index contributed by atoms with van der Waals surface area (Å²) in [7, 11) is 2.11. The third-order valence-corrected chi connectivity index (χ3v) is 4.98. The lowest BCUT2D eigenvalue weighted by Gasteiger charge is -2.39. The molecule has 0 bridgehead atoms. The van der Waals surface area contributed by atoms with Crippen LogP contribution < -0.4 is 5.32 Å². The normalized spacial score (nSPS) is 32.3. The van der Waals surface area contributed by atoms with E-state index < -0.39 is 12.2 Å². The second-order valence-electron chi connectivity index (χ2n) is 6.67. The van der Waals surface area contributed by atoms with Crippen LogP contribution in [0.5, 0.6) is 0 Å². The summed E-state index contributed by atoms with van der Waals surface area (Å²) in [5.41, 5.74) is 0.978. The molecule has 2 fully saturated rings. The Labute approximate surface area is 143 Å². The number of nitrogens with zero attached hydrogens (tertiary/aromatic N) is 3. The average Bonchev–Trinajstić information content (AvgIpc) is 2.92. The molecule has 7 heteroatoms. The summed E-state index contributed by atoms with van der Waals surface area (Å²) in [4.78, 5) is 8.88. The Morgan fingerprint density at radius 2 is 2.04 bits per heavy atom. The summed E-state index contributed by atoms with van der Waals surface area (Å²) in [5.74, 6) is 0. The highest BCUT2D eigenvalue weighted by atomic mass is 16.5. The van der Waals surface area contributed by atoms with E-state index in [2.05, 4.69) is 27.1 Å². The Morgan fingerprint density at radius 1 is 1.25 bits per heavy atom. The van der Waals surface area contributed by atoms with Gasteiger partial charge in [-0.15, -0.1) is 0 Å². The van der Waals surface area contributed by atoms with Gasteiger partial charge in [0.15, 0.2) is 0 Å². The van der Waals surface area contributed by atoms with Gasteiger partial charge in [-0.25, -0.2) is 0 Å². The average molecular weight is 336 g/mol. The van der Waals surface area contributed by atoms with Gasteiger partial charge in [0.2, 0.25) is 0 Å². The third kappa shape index (κ3) is 4.11. The number of ether oxygens (including phenoxy) is 1. The molecule has 7 nitrogen and oxygen atoms in total. The molecule has 24 heavy (non-hydrogen) atoms. The van der Waals surface area contributed by atoms with Crippen molar-refractivity contribution in [2.75, 3.05) is 46.4 Å². The number of piperazine rings is 1. The van der Waals surface area contributed by atoms with Gasteiger partial charge in [0.05, 0.1) is 24.4 Å². The topological polar surface area (TPSA) is 81.1 Å². The third-order valence-electron chi connectivity index (χ3n) is 4.98. The van der Waals surface area contributed by atoms with Crippen LogP contribution in [-0.4, -0.2) is 95.7 Å². The number of likely N-dealkylation sites (N-methyl/N-ethyl adjacent to an activating group) is 1. The minimum Gasteiger partial charge on any atom is -0.394 e. The molecule has 0 aliphatic carbocycles. The molecule has 2 aliphatic heterocycles. The van der Waals surface area contributed by atoms with Crippen molar-refractivity contribution >= 4 is 0 Å². The predicted octanol–water partition coefficient (Wildman–Crippen LogP) is -1.09. The van der Waals surface area contributed by atoms with E-state index in [0.717, 1.165) is 31.9 Å². The van der Waals surface area contributed by atoms with Crippen molar-refractivity contribution in [2.24, 2.45) is 0 Å². The smallest absolute Gasteiger partial charge is 0.109 e. The summed E-state index contributed by atoms with van der Waals surface area (Å²) >= 11 is 0. The molecule has 2 aliphatic rings. The van der Waals surface area contributed by atoms with Crippen LogP contribution >= 0.6 is 0 Å². The van der Waals surface area contributed by atoms with Crippen LogP contribution in [0.25, 0.3) is 0 Å². The molecule has 0 unspecified atom stereocenters. The molecule has 4 atom stereocenters. The first kappa shape index (κ1) is 17.7. The number of nitrogens with one attached hydrogen (secondary N) is 1. The van der Waals surface area contributed by atoms with Crippen LogP contribution in [0.1, 0.15) is 5.69 Å². The summed E-state index contributed by atoms with van der Waals surface area (Å²) in [5, 5.41) is 23.4. The molecular weight excluding hydrogens is 308 g/mol. The lowest BCUT2D eigenvalue weighted by molar-refractivity contribution is -0.0213. The molecule has 0 saturated carbocycles. The van der Waals surface area contributed by atoms with E-state index in [1.54, 1.807) is 6.20 Å². The van der Waals surface area contributed by atoms with Gasteiger partial charge in [-0.05, 0) is 19.2 Å². The second-order valence-corrected chi connectivity index (χ2v) is 6.67. The van der Waals surface area contributed by atoms with Crippen molar-refractivity contribution in [3.63, 3.8) is 0 Å². The summed E-state index contributed by atoms with van der Waals surface area (Å²) in [6, 6.07) is 5.77. The van der Waals surface area contributed by atoms with Gasteiger partial charge in [0, 0.05) is 45.5 Å². The van der Waals surface area contributed by atoms with Crippen LogP contribution in [0.4, 0.5) is 0 Å². The summed E-state index contributed by atoms with van der Waals surface area (Å²) in [6.07, 6.45) is 0.488. The van der Waals surface area contributed by atoms with E-state index in [1.807, 2.05) is 18.2 Å². The van der Waals surface area contributed by atoms with Crippen LogP contribution in [0.15, 0.2) is 24.4 Å². The highest BCUT2D eigenvalue weighted by Gasteiger charge is 2.46. The van der Waals surface area contributed by atoms with Crippen molar-refractivity contribution in [1.82, 2.24) is 20.1 Å². The number of pyridine rings is 1. The Hall–Kier alpha value is -1.09. The van der Waals surface area contributed by atoms with Crippen molar-refractivity contribution in [3.05, 3.63) is 30.1 Å². The fourth-order valence-corrected chi connectivity index (χ4v) is 3.56. The van der Waals surface area contributed by atoms with Crippen molar-refractivity contribution in [2.45, 2.75) is 30.9 Å². The molecule has 0 spiro atoms. The zero-order valence-corrected chi connectivity index (χ0v) is 14.2. The van der Waals surface area contributed by atoms with Gasteiger partial charge < -0.3 is 25.2 Å². The lowest BCUT2D eigenvalue weighted by Crippen LogP contribution is -2.56. The Bertz CT molecular complexity index is 496. The van der Waals surface area contributed by atoms with E-state index in [9.17, 15) is 10.2 Å². The number of aliphatic hydroxyl groups is 2. The number of rotatable bonds is 6. The largest absolute Gasteiger partial charge is 0.394 e. The highest BCUT2D eigenvalue weighted by Crippen LogP contribution is 2.26. The minimum absolute atomic E-state index is 0.0768. The molecular formula is C17H28N4O3. The van der Waals surface area contributed by atoms with Gasteiger partial charge in [-0.1, -0.05) is 6.07 Å². The molecule has 0 aromatic carbocycles. The molecule has 3 heterocycles. The number of hydrogen-bond acceptors (Lipinski definition) is 7. The SMILES string of the molecule is CN1CCN([C@H]2[C@H](O)[C@H](CO)O[C@@H]2CNCc2ccccn2)CC1. The predicted molar refractivity (Wildman–Crippen MR) is 90.6 cm³/mol. The van der Waals surface area contributed by atoms with Crippen molar-refractivity contribution in [1.29, 1.82) is 0 Å². The Balaban J connectivity index is 1.58. The highest BCUT2D eigenvalue weighted by molar-refractivity contribution is 5.04. The summed E-state index contributed by atoms with van der Waals surface area (Å²) in [6.45, 7) is 4.94. The second kappa shape index (κ2) is 8.33. The lowest BCUT2D eigenvalue weighted by atomic mass is 10.0.